The fourth-order valence-corrected chi connectivity index (χ4v) is 5.01. The van der Waals surface area contributed by atoms with Gasteiger partial charge in [0, 0.05) is 48.7 Å². The van der Waals surface area contributed by atoms with Crippen molar-refractivity contribution in [3.63, 3.8) is 0 Å². The highest BCUT2D eigenvalue weighted by molar-refractivity contribution is 7.89. The van der Waals surface area contributed by atoms with Gasteiger partial charge in [-0.05, 0) is 67.7 Å². The van der Waals surface area contributed by atoms with Gasteiger partial charge in [0.15, 0.2) is 0 Å². The van der Waals surface area contributed by atoms with E-state index in [1.54, 1.807) is 60.7 Å². The molecule has 1 saturated heterocycles. The van der Waals surface area contributed by atoms with Crippen molar-refractivity contribution in [2.75, 3.05) is 43.9 Å². The number of nitrogens with one attached hydrogen (secondary N) is 2. The molecule has 8 nitrogen and oxygen atoms in total. The second kappa shape index (κ2) is 10.2. The summed E-state index contributed by atoms with van der Waals surface area (Å²) < 4.78 is 27.2. The van der Waals surface area contributed by atoms with Crippen molar-refractivity contribution in [2.45, 2.75) is 4.90 Å². The Labute approximate surface area is 199 Å². The number of hydrogen-bond acceptors (Lipinski definition) is 5. The predicted octanol–water partition coefficient (Wildman–Crippen LogP) is 3.13. The van der Waals surface area contributed by atoms with Gasteiger partial charge in [0.2, 0.25) is 10.0 Å². The fourth-order valence-electron chi connectivity index (χ4n) is 3.59. The molecule has 3 aromatic carbocycles. The molecule has 2 N–H and O–H groups in total. The molecule has 2 amide bonds. The van der Waals surface area contributed by atoms with E-state index in [-0.39, 0.29) is 16.7 Å². The van der Waals surface area contributed by atoms with Crippen LogP contribution in [0.1, 0.15) is 20.7 Å². The van der Waals surface area contributed by atoms with Crippen LogP contribution in [0.4, 0.5) is 11.4 Å². The minimum absolute atomic E-state index is 0.202. The van der Waals surface area contributed by atoms with Crippen LogP contribution < -0.4 is 10.6 Å². The van der Waals surface area contributed by atoms with Gasteiger partial charge in [-0.3, -0.25) is 9.59 Å². The van der Waals surface area contributed by atoms with Gasteiger partial charge in [-0.15, -0.1) is 0 Å². The third-order valence-corrected chi connectivity index (χ3v) is 7.57. The Bertz CT molecular complexity index is 1250. The fraction of sp³-hybridized carbons (Fsp3) is 0.200. The number of likely N-dealkylation sites (N-methyl/N-ethyl adjacent to an activating group) is 1. The van der Waals surface area contributed by atoms with Crippen molar-refractivity contribution >= 4 is 33.2 Å². The van der Waals surface area contributed by atoms with Crippen molar-refractivity contribution in [1.29, 1.82) is 0 Å². The number of rotatable bonds is 6. The maximum absolute atomic E-state index is 12.8. The van der Waals surface area contributed by atoms with Crippen LogP contribution in [0.3, 0.4) is 0 Å². The quantitative estimate of drug-likeness (QED) is 0.567. The second-order valence-corrected chi connectivity index (χ2v) is 10.0. The van der Waals surface area contributed by atoms with E-state index in [0.29, 0.717) is 48.7 Å². The van der Waals surface area contributed by atoms with Gasteiger partial charge in [0.25, 0.3) is 11.8 Å². The number of sulfonamides is 1. The highest BCUT2D eigenvalue weighted by atomic mass is 32.2. The number of piperazine rings is 1. The molecule has 1 aliphatic heterocycles. The Kier molecular flexibility index (Phi) is 7.06. The molecule has 0 aliphatic carbocycles. The summed E-state index contributed by atoms with van der Waals surface area (Å²) in [5, 5.41) is 5.56. The molecule has 3 aromatic rings. The van der Waals surface area contributed by atoms with E-state index in [1.807, 2.05) is 13.1 Å². The summed E-state index contributed by atoms with van der Waals surface area (Å²) in [6.07, 6.45) is 0. The first-order valence-corrected chi connectivity index (χ1v) is 12.3. The number of benzene rings is 3. The van der Waals surface area contributed by atoms with Crippen molar-refractivity contribution in [1.82, 2.24) is 9.21 Å². The Morgan fingerprint density at radius 3 is 1.68 bits per heavy atom. The van der Waals surface area contributed by atoms with E-state index in [4.69, 9.17) is 0 Å². The molecule has 34 heavy (non-hydrogen) atoms. The molecular weight excluding hydrogens is 452 g/mol. The van der Waals surface area contributed by atoms with Gasteiger partial charge in [-0.25, -0.2) is 8.42 Å². The minimum atomic E-state index is -3.56. The maximum Gasteiger partial charge on any atom is 0.255 e. The molecular formula is C25H26N4O4S. The number of carbonyl (C=O) groups excluding carboxylic acids is 2. The lowest BCUT2D eigenvalue weighted by atomic mass is 10.1. The number of carbonyl (C=O) groups is 2. The zero-order valence-electron chi connectivity index (χ0n) is 18.8. The van der Waals surface area contributed by atoms with Crippen molar-refractivity contribution in [3.05, 3.63) is 90.0 Å². The smallest absolute Gasteiger partial charge is 0.255 e. The van der Waals surface area contributed by atoms with Gasteiger partial charge in [0.05, 0.1) is 4.90 Å². The average Bonchev–Trinajstić information content (AvgIpc) is 2.85. The summed E-state index contributed by atoms with van der Waals surface area (Å²) >= 11 is 0. The lowest BCUT2D eigenvalue weighted by Crippen LogP contribution is -2.46. The Balaban J connectivity index is 1.36. The molecule has 176 valence electrons. The number of nitrogens with zero attached hydrogens (tertiary/aromatic N) is 2. The van der Waals surface area contributed by atoms with E-state index < -0.39 is 10.0 Å². The molecule has 1 fully saturated rings. The number of amides is 2. The topological polar surface area (TPSA) is 98.8 Å². The van der Waals surface area contributed by atoms with Gasteiger partial charge in [0.1, 0.15) is 0 Å². The first kappa shape index (κ1) is 23.6. The van der Waals surface area contributed by atoms with Gasteiger partial charge < -0.3 is 15.5 Å². The predicted molar refractivity (Wildman–Crippen MR) is 131 cm³/mol. The van der Waals surface area contributed by atoms with Gasteiger partial charge in [-0.1, -0.05) is 18.2 Å². The van der Waals surface area contributed by atoms with Crippen molar-refractivity contribution in [2.24, 2.45) is 0 Å². The molecule has 0 saturated carbocycles. The van der Waals surface area contributed by atoms with E-state index in [2.05, 4.69) is 15.5 Å². The van der Waals surface area contributed by atoms with E-state index in [1.165, 1.54) is 16.4 Å². The molecule has 0 aromatic heterocycles. The van der Waals surface area contributed by atoms with Crippen LogP contribution in [0.2, 0.25) is 0 Å². The summed E-state index contributed by atoms with van der Waals surface area (Å²) in [6.45, 7) is 2.31. The van der Waals surface area contributed by atoms with Crippen molar-refractivity contribution in [3.8, 4) is 0 Å². The Morgan fingerprint density at radius 2 is 1.15 bits per heavy atom. The average molecular weight is 479 g/mol. The van der Waals surface area contributed by atoms with E-state index >= 15 is 0 Å². The van der Waals surface area contributed by atoms with Gasteiger partial charge in [-0.2, -0.15) is 4.31 Å². The van der Waals surface area contributed by atoms with Crippen LogP contribution in [0, 0.1) is 0 Å². The third kappa shape index (κ3) is 5.51. The molecule has 1 aliphatic rings. The first-order valence-electron chi connectivity index (χ1n) is 10.9. The number of hydrogen-bond donors (Lipinski definition) is 2. The third-order valence-electron chi connectivity index (χ3n) is 5.65. The number of anilines is 2. The van der Waals surface area contributed by atoms with Crippen molar-refractivity contribution < 1.29 is 18.0 Å². The minimum Gasteiger partial charge on any atom is -0.322 e. The monoisotopic (exact) mass is 478 g/mol. The second-order valence-electron chi connectivity index (χ2n) is 8.08. The Morgan fingerprint density at radius 1 is 0.676 bits per heavy atom. The SMILES string of the molecule is CN1CCN(S(=O)(=O)c2ccc(NC(=O)c3ccc(NC(=O)c4ccccc4)cc3)cc2)CC1. The standard InChI is InChI=1S/C25H26N4O4S/c1-28-15-17-29(18-16-28)34(32,33)23-13-11-22(12-14-23)27-25(31)20-7-9-21(10-8-20)26-24(30)19-5-3-2-4-6-19/h2-14H,15-18H2,1H3,(H,26,30)(H,27,31). The van der Waals surface area contributed by atoms with Crippen LogP contribution in [0.5, 0.6) is 0 Å². The van der Waals surface area contributed by atoms with Gasteiger partial charge >= 0.3 is 0 Å². The largest absolute Gasteiger partial charge is 0.322 e. The molecule has 1 heterocycles. The van der Waals surface area contributed by atoms with Crippen LogP contribution in [-0.2, 0) is 10.0 Å². The zero-order valence-corrected chi connectivity index (χ0v) is 19.6. The molecule has 0 atom stereocenters. The summed E-state index contributed by atoms with van der Waals surface area (Å²) in [6, 6.07) is 21.6. The normalized spacial score (nSPS) is 15.0. The zero-order chi connectivity index (χ0) is 24.1. The van der Waals surface area contributed by atoms with E-state index in [0.717, 1.165) is 0 Å². The van der Waals surface area contributed by atoms with Crippen LogP contribution >= 0.6 is 0 Å². The Hall–Kier alpha value is -3.53. The highest BCUT2D eigenvalue weighted by Gasteiger charge is 2.27. The van der Waals surface area contributed by atoms with Crippen LogP contribution in [0.25, 0.3) is 0 Å². The lowest BCUT2D eigenvalue weighted by molar-refractivity contribution is 0.102. The van der Waals surface area contributed by atoms with Crippen LogP contribution in [-0.4, -0.2) is 62.7 Å². The lowest BCUT2D eigenvalue weighted by Gasteiger charge is -2.31. The summed E-state index contributed by atoms with van der Waals surface area (Å²) in [5.74, 6) is -0.569. The molecule has 4 rings (SSSR count). The molecule has 0 unspecified atom stereocenters. The summed E-state index contributed by atoms with van der Waals surface area (Å²) in [5.41, 5.74) is 2.02. The van der Waals surface area contributed by atoms with Crippen LogP contribution in [0.15, 0.2) is 83.8 Å². The summed E-state index contributed by atoms with van der Waals surface area (Å²) in [4.78, 5) is 27.1. The maximum atomic E-state index is 12.8. The molecule has 9 heteroatoms. The molecule has 0 spiro atoms. The molecule has 0 bridgehead atoms. The first-order chi connectivity index (χ1) is 16.3. The molecule has 0 radical (unpaired) electrons. The van der Waals surface area contributed by atoms with E-state index in [9.17, 15) is 18.0 Å². The summed E-state index contributed by atoms with van der Waals surface area (Å²) in [7, 11) is -1.59. The highest BCUT2D eigenvalue weighted by Crippen LogP contribution is 2.20.